The predicted octanol–water partition coefficient (Wildman–Crippen LogP) is 2.90. The zero-order valence-corrected chi connectivity index (χ0v) is 13.4. The number of imide groups is 1. The minimum Gasteiger partial charge on any atom is -0.322 e. The molecule has 1 aliphatic heterocycles. The fourth-order valence-electron chi connectivity index (χ4n) is 2.65. The molecule has 5 heteroatoms. The topological polar surface area (TPSA) is 66.5 Å². The van der Waals surface area contributed by atoms with Crippen molar-refractivity contribution in [2.45, 2.75) is 26.3 Å². The average molecular weight is 322 g/mol. The van der Waals surface area contributed by atoms with Crippen LogP contribution in [0.3, 0.4) is 0 Å². The second kappa shape index (κ2) is 6.66. The van der Waals surface area contributed by atoms with E-state index in [2.05, 4.69) is 5.32 Å². The van der Waals surface area contributed by atoms with Crippen molar-refractivity contribution in [1.82, 2.24) is 4.90 Å². The van der Waals surface area contributed by atoms with E-state index in [0.717, 1.165) is 16.8 Å². The van der Waals surface area contributed by atoms with E-state index >= 15 is 0 Å². The molecule has 0 saturated carbocycles. The van der Waals surface area contributed by atoms with Gasteiger partial charge in [0.15, 0.2) is 0 Å². The van der Waals surface area contributed by atoms with E-state index in [9.17, 15) is 14.4 Å². The smallest absolute Gasteiger partial charge is 0.255 e. The third kappa shape index (κ3) is 3.35. The van der Waals surface area contributed by atoms with Crippen LogP contribution in [0.25, 0.3) is 0 Å². The summed E-state index contributed by atoms with van der Waals surface area (Å²) in [4.78, 5) is 36.8. The molecule has 0 atom stereocenters. The lowest BCUT2D eigenvalue weighted by Gasteiger charge is -2.14. The third-order valence-corrected chi connectivity index (χ3v) is 4.10. The summed E-state index contributed by atoms with van der Waals surface area (Å²) in [5, 5.41) is 2.88. The number of likely N-dealkylation sites (tertiary alicyclic amines) is 1. The molecule has 0 aromatic heterocycles. The van der Waals surface area contributed by atoms with Gasteiger partial charge in [0.1, 0.15) is 0 Å². The van der Waals surface area contributed by atoms with Gasteiger partial charge >= 0.3 is 0 Å². The highest BCUT2D eigenvalue weighted by Crippen LogP contribution is 2.18. The van der Waals surface area contributed by atoms with Crippen molar-refractivity contribution in [2.24, 2.45) is 0 Å². The summed E-state index contributed by atoms with van der Waals surface area (Å²) < 4.78 is 0. The molecule has 122 valence electrons. The SMILES string of the molecule is Cc1ccccc1NC(=O)c1ccc(CN2C(=O)CCC2=O)cc1. The van der Waals surface area contributed by atoms with Crippen LogP contribution in [0.4, 0.5) is 5.69 Å². The van der Waals surface area contributed by atoms with Gasteiger partial charge in [0.2, 0.25) is 11.8 Å². The number of hydrogen-bond donors (Lipinski definition) is 1. The summed E-state index contributed by atoms with van der Waals surface area (Å²) in [5.74, 6) is -0.466. The number of carbonyl (C=O) groups is 3. The second-order valence-corrected chi connectivity index (χ2v) is 5.84. The molecule has 1 N–H and O–H groups in total. The molecule has 1 fully saturated rings. The Hall–Kier alpha value is -2.95. The van der Waals surface area contributed by atoms with E-state index in [1.54, 1.807) is 24.3 Å². The van der Waals surface area contributed by atoms with E-state index < -0.39 is 0 Å². The molecule has 1 saturated heterocycles. The minimum absolute atomic E-state index is 0.138. The highest BCUT2D eigenvalue weighted by Gasteiger charge is 2.28. The highest BCUT2D eigenvalue weighted by molar-refractivity contribution is 6.04. The second-order valence-electron chi connectivity index (χ2n) is 5.84. The molecule has 1 aliphatic rings. The van der Waals surface area contributed by atoms with E-state index in [0.29, 0.717) is 5.56 Å². The first-order valence-corrected chi connectivity index (χ1v) is 7.84. The van der Waals surface area contributed by atoms with Gasteiger partial charge in [-0.1, -0.05) is 30.3 Å². The average Bonchev–Trinajstić information content (AvgIpc) is 2.89. The fraction of sp³-hybridized carbons (Fsp3) is 0.211. The van der Waals surface area contributed by atoms with E-state index in [-0.39, 0.29) is 37.1 Å². The molecule has 1 heterocycles. The molecule has 0 aliphatic carbocycles. The van der Waals surface area contributed by atoms with Crippen molar-refractivity contribution in [3.05, 3.63) is 65.2 Å². The summed E-state index contributed by atoms with van der Waals surface area (Å²) in [6.45, 7) is 2.19. The van der Waals surface area contributed by atoms with Crippen LogP contribution in [-0.4, -0.2) is 22.6 Å². The van der Waals surface area contributed by atoms with Crippen LogP contribution in [-0.2, 0) is 16.1 Å². The van der Waals surface area contributed by atoms with Crippen LogP contribution < -0.4 is 5.32 Å². The first-order chi connectivity index (χ1) is 11.5. The summed E-state index contributed by atoms with van der Waals surface area (Å²) in [6, 6.07) is 14.5. The first-order valence-electron chi connectivity index (χ1n) is 7.84. The zero-order valence-electron chi connectivity index (χ0n) is 13.4. The minimum atomic E-state index is -0.191. The maximum absolute atomic E-state index is 12.3. The number of rotatable bonds is 4. The van der Waals surface area contributed by atoms with Gasteiger partial charge in [0.25, 0.3) is 5.91 Å². The Morgan fingerprint density at radius 1 is 1.00 bits per heavy atom. The number of aryl methyl sites for hydroxylation is 1. The largest absolute Gasteiger partial charge is 0.322 e. The Morgan fingerprint density at radius 3 is 2.25 bits per heavy atom. The molecular weight excluding hydrogens is 304 g/mol. The van der Waals surface area contributed by atoms with Gasteiger partial charge in [-0.25, -0.2) is 0 Å². The monoisotopic (exact) mass is 322 g/mol. The summed E-state index contributed by atoms with van der Waals surface area (Å²) in [6.07, 6.45) is 0.575. The molecule has 3 amide bonds. The van der Waals surface area contributed by atoms with Crippen LogP contribution in [0.15, 0.2) is 48.5 Å². The van der Waals surface area contributed by atoms with Crippen molar-refractivity contribution < 1.29 is 14.4 Å². The molecule has 0 radical (unpaired) electrons. The Bertz CT molecular complexity index is 781. The number of amides is 3. The van der Waals surface area contributed by atoms with E-state index in [1.165, 1.54) is 4.90 Å². The summed E-state index contributed by atoms with van der Waals surface area (Å²) >= 11 is 0. The number of benzene rings is 2. The van der Waals surface area contributed by atoms with Crippen molar-refractivity contribution in [1.29, 1.82) is 0 Å². The molecule has 24 heavy (non-hydrogen) atoms. The van der Waals surface area contributed by atoms with E-state index in [1.807, 2.05) is 31.2 Å². The van der Waals surface area contributed by atoms with Crippen LogP contribution >= 0.6 is 0 Å². The predicted molar refractivity (Wildman–Crippen MR) is 90.4 cm³/mol. The summed E-state index contributed by atoms with van der Waals surface area (Å²) in [5.41, 5.74) is 3.13. The lowest BCUT2D eigenvalue weighted by Crippen LogP contribution is -2.28. The van der Waals surface area contributed by atoms with Gasteiger partial charge in [-0.3, -0.25) is 19.3 Å². The van der Waals surface area contributed by atoms with Crippen molar-refractivity contribution in [3.8, 4) is 0 Å². The molecule has 5 nitrogen and oxygen atoms in total. The molecule has 0 bridgehead atoms. The first kappa shape index (κ1) is 15.9. The van der Waals surface area contributed by atoms with Gasteiger partial charge in [-0.15, -0.1) is 0 Å². The Labute approximate surface area is 140 Å². The van der Waals surface area contributed by atoms with Gasteiger partial charge in [0.05, 0.1) is 6.54 Å². The number of nitrogens with one attached hydrogen (secondary N) is 1. The normalized spacial score (nSPS) is 14.1. The maximum atomic E-state index is 12.3. The quantitative estimate of drug-likeness (QED) is 0.880. The fourth-order valence-corrected chi connectivity index (χ4v) is 2.65. The van der Waals surface area contributed by atoms with E-state index in [4.69, 9.17) is 0 Å². The van der Waals surface area contributed by atoms with Gasteiger partial charge < -0.3 is 5.32 Å². The molecule has 2 aromatic rings. The van der Waals surface area contributed by atoms with Crippen molar-refractivity contribution >= 4 is 23.4 Å². The Morgan fingerprint density at radius 2 is 1.62 bits per heavy atom. The molecular formula is C19H18N2O3. The van der Waals surface area contributed by atoms with Gasteiger partial charge in [0, 0.05) is 24.1 Å². The van der Waals surface area contributed by atoms with Gasteiger partial charge in [-0.2, -0.15) is 0 Å². The van der Waals surface area contributed by atoms with Crippen LogP contribution in [0.1, 0.15) is 34.3 Å². The lowest BCUT2D eigenvalue weighted by atomic mass is 10.1. The highest BCUT2D eigenvalue weighted by atomic mass is 16.2. The summed E-state index contributed by atoms with van der Waals surface area (Å²) in [7, 11) is 0. The van der Waals surface area contributed by atoms with Crippen molar-refractivity contribution in [2.75, 3.05) is 5.32 Å². The molecule has 0 unspecified atom stereocenters. The van der Waals surface area contributed by atoms with Crippen LogP contribution in [0.2, 0.25) is 0 Å². The maximum Gasteiger partial charge on any atom is 0.255 e. The third-order valence-electron chi connectivity index (χ3n) is 4.10. The van der Waals surface area contributed by atoms with Crippen LogP contribution in [0, 0.1) is 6.92 Å². The Balaban J connectivity index is 1.68. The number of para-hydroxylation sites is 1. The zero-order chi connectivity index (χ0) is 17.1. The number of carbonyl (C=O) groups excluding carboxylic acids is 3. The molecule has 0 spiro atoms. The Kier molecular flexibility index (Phi) is 4.42. The standard InChI is InChI=1S/C19H18N2O3/c1-13-4-2-3-5-16(13)20-19(24)15-8-6-14(7-9-15)12-21-17(22)10-11-18(21)23/h2-9H,10-12H2,1H3,(H,20,24). The van der Waals surface area contributed by atoms with Crippen LogP contribution in [0.5, 0.6) is 0 Å². The molecule has 3 rings (SSSR count). The number of hydrogen-bond acceptors (Lipinski definition) is 3. The molecule has 2 aromatic carbocycles. The van der Waals surface area contributed by atoms with Crippen molar-refractivity contribution in [3.63, 3.8) is 0 Å². The van der Waals surface area contributed by atoms with Gasteiger partial charge in [-0.05, 0) is 36.2 Å². The number of anilines is 1. The number of nitrogens with zero attached hydrogens (tertiary/aromatic N) is 1. The lowest BCUT2D eigenvalue weighted by molar-refractivity contribution is -0.139.